The quantitative estimate of drug-likeness (QED) is 0.787. The van der Waals surface area contributed by atoms with E-state index < -0.39 is 0 Å². The number of hydrogen-bond acceptors (Lipinski definition) is 4. The van der Waals surface area contributed by atoms with Crippen LogP contribution < -0.4 is 5.32 Å². The molecule has 3 rings (SSSR count). The van der Waals surface area contributed by atoms with Gasteiger partial charge in [-0.1, -0.05) is 19.9 Å². The Labute approximate surface area is 128 Å². The summed E-state index contributed by atoms with van der Waals surface area (Å²) in [7, 11) is 1.93. The van der Waals surface area contributed by atoms with Gasteiger partial charge in [-0.2, -0.15) is 5.10 Å². The topological polar surface area (TPSA) is 42.7 Å². The Morgan fingerprint density at radius 1 is 1.33 bits per heavy atom. The number of thiophene rings is 1. The molecule has 0 fully saturated rings. The fourth-order valence-corrected chi connectivity index (χ4v) is 3.55. The maximum Gasteiger partial charge on any atom is 0.157 e. The Morgan fingerprint density at radius 2 is 2.14 bits per heavy atom. The minimum atomic E-state index is 0.307. The molecule has 1 atom stereocenters. The van der Waals surface area contributed by atoms with Gasteiger partial charge in [-0.05, 0) is 30.4 Å². The third-order valence-corrected chi connectivity index (χ3v) is 4.66. The monoisotopic (exact) mass is 300 g/mol. The Morgan fingerprint density at radius 3 is 2.81 bits per heavy atom. The van der Waals surface area contributed by atoms with Crippen molar-refractivity contribution in [1.29, 1.82) is 0 Å². The molecule has 4 nitrogen and oxygen atoms in total. The molecule has 0 amide bonds. The smallest absolute Gasteiger partial charge is 0.157 e. The summed E-state index contributed by atoms with van der Waals surface area (Å²) in [5.74, 6) is 0.509. The average molecular weight is 300 g/mol. The summed E-state index contributed by atoms with van der Waals surface area (Å²) in [5.41, 5.74) is 2.99. The number of nitrogens with zero attached hydrogens (tertiary/aromatic N) is 3. The molecule has 3 aromatic rings. The van der Waals surface area contributed by atoms with Crippen molar-refractivity contribution in [2.24, 2.45) is 13.0 Å². The molecule has 3 aromatic heterocycles. The van der Waals surface area contributed by atoms with Crippen LogP contribution in [0.3, 0.4) is 0 Å². The Balaban J connectivity index is 1.94. The average Bonchev–Trinajstić information content (AvgIpc) is 3.05. The van der Waals surface area contributed by atoms with E-state index in [1.807, 2.05) is 24.9 Å². The van der Waals surface area contributed by atoms with E-state index in [9.17, 15) is 0 Å². The molecular weight excluding hydrogens is 280 g/mol. The molecule has 5 heteroatoms. The number of fused-ring (bicyclic) bond motifs is 1. The van der Waals surface area contributed by atoms with Crippen molar-refractivity contribution in [3.63, 3.8) is 0 Å². The summed E-state index contributed by atoms with van der Waals surface area (Å²) >= 11 is 1.79. The maximum absolute atomic E-state index is 4.54. The standard InChI is InChI=1S/C16H20N4S/c1-10(2)15(14-6-5-7-21-14)18-12-8-13-11(3)19-20(4)16(13)17-9-12/h5-10,15,18H,1-4H3. The molecule has 1 unspecified atom stereocenters. The van der Waals surface area contributed by atoms with Crippen molar-refractivity contribution in [3.05, 3.63) is 40.3 Å². The summed E-state index contributed by atoms with van der Waals surface area (Å²) in [6, 6.07) is 6.74. The van der Waals surface area contributed by atoms with Gasteiger partial charge in [-0.15, -0.1) is 11.3 Å². The van der Waals surface area contributed by atoms with Gasteiger partial charge < -0.3 is 5.32 Å². The van der Waals surface area contributed by atoms with Crippen LogP contribution in [0.4, 0.5) is 5.69 Å². The van der Waals surface area contributed by atoms with Gasteiger partial charge in [0, 0.05) is 17.3 Å². The molecule has 3 heterocycles. The van der Waals surface area contributed by atoms with Gasteiger partial charge in [0.2, 0.25) is 0 Å². The molecule has 0 saturated carbocycles. The lowest BCUT2D eigenvalue weighted by Gasteiger charge is -2.22. The van der Waals surface area contributed by atoms with E-state index in [-0.39, 0.29) is 0 Å². The summed E-state index contributed by atoms with van der Waals surface area (Å²) in [6.07, 6.45) is 1.90. The molecule has 0 spiro atoms. The van der Waals surface area contributed by atoms with Gasteiger partial charge in [-0.3, -0.25) is 4.68 Å². The third kappa shape index (κ3) is 2.65. The summed E-state index contributed by atoms with van der Waals surface area (Å²) < 4.78 is 1.83. The van der Waals surface area contributed by atoms with Crippen molar-refractivity contribution < 1.29 is 0 Å². The number of anilines is 1. The zero-order valence-electron chi connectivity index (χ0n) is 12.8. The summed E-state index contributed by atoms with van der Waals surface area (Å²) in [6.45, 7) is 6.49. The fraction of sp³-hybridized carbons (Fsp3) is 0.375. The van der Waals surface area contributed by atoms with E-state index >= 15 is 0 Å². The van der Waals surface area contributed by atoms with Crippen molar-refractivity contribution >= 4 is 28.1 Å². The van der Waals surface area contributed by atoms with Crippen molar-refractivity contribution in [2.75, 3.05) is 5.32 Å². The molecular formula is C16H20N4S. The Kier molecular flexibility index (Phi) is 3.68. The Hall–Kier alpha value is -1.88. The van der Waals surface area contributed by atoms with Crippen LogP contribution in [0, 0.1) is 12.8 Å². The highest BCUT2D eigenvalue weighted by atomic mass is 32.1. The number of rotatable bonds is 4. The lowest BCUT2D eigenvalue weighted by atomic mass is 10.0. The van der Waals surface area contributed by atoms with Crippen LogP contribution in [0.5, 0.6) is 0 Å². The molecule has 0 aliphatic rings. The first-order chi connectivity index (χ1) is 10.1. The van der Waals surface area contributed by atoms with Crippen LogP contribution in [-0.4, -0.2) is 14.8 Å². The number of aryl methyl sites for hydroxylation is 2. The minimum Gasteiger partial charge on any atom is -0.376 e. The molecule has 1 N–H and O–H groups in total. The largest absolute Gasteiger partial charge is 0.376 e. The lowest BCUT2D eigenvalue weighted by molar-refractivity contribution is 0.553. The second-order valence-corrected chi connectivity index (χ2v) is 6.66. The fourth-order valence-electron chi connectivity index (χ4n) is 2.60. The highest BCUT2D eigenvalue weighted by Gasteiger charge is 2.17. The summed E-state index contributed by atoms with van der Waals surface area (Å²) in [5, 5.41) is 11.3. The first kappa shape index (κ1) is 14.1. The maximum atomic E-state index is 4.54. The predicted molar refractivity (Wildman–Crippen MR) is 88.8 cm³/mol. The van der Waals surface area contributed by atoms with E-state index in [1.54, 1.807) is 11.3 Å². The normalized spacial score (nSPS) is 13.0. The van der Waals surface area contributed by atoms with Gasteiger partial charge in [-0.25, -0.2) is 4.98 Å². The molecule has 0 saturated heterocycles. The van der Waals surface area contributed by atoms with Crippen LogP contribution in [0.25, 0.3) is 11.0 Å². The zero-order valence-corrected chi connectivity index (χ0v) is 13.6. The minimum absolute atomic E-state index is 0.307. The number of pyridine rings is 1. The predicted octanol–water partition coefficient (Wildman–Crippen LogP) is 4.15. The van der Waals surface area contributed by atoms with Gasteiger partial charge in [0.05, 0.1) is 23.6 Å². The van der Waals surface area contributed by atoms with E-state index in [0.29, 0.717) is 12.0 Å². The van der Waals surface area contributed by atoms with E-state index in [0.717, 1.165) is 22.4 Å². The first-order valence-electron chi connectivity index (χ1n) is 7.15. The van der Waals surface area contributed by atoms with Crippen molar-refractivity contribution in [1.82, 2.24) is 14.8 Å². The molecule has 0 aliphatic carbocycles. The zero-order chi connectivity index (χ0) is 15.0. The van der Waals surface area contributed by atoms with E-state index in [1.165, 1.54) is 4.88 Å². The lowest BCUT2D eigenvalue weighted by Crippen LogP contribution is -2.15. The summed E-state index contributed by atoms with van der Waals surface area (Å²) in [4.78, 5) is 5.89. The van der Waals surface area contributed by atoms with Gasteiger partial charge in [0.25, 0.3) is 0 Å². The van der Waals surface area contributed by atoms with Crippen LogP contribution >= 0.6 is 11.3 Å². The SMILES string of the molecule is Cc1nn(C)c2ncc(NC(c3cccs3)C(C)C)cc12. The van der Waals surface area contributed by atoms with Gasteiger partial charge in [0.15, 0.2) is 5.65 Å². The van der Waals surface area contributed by atoms with Crippen molar-refractivity contribution in [2.45, 2.75) is 26.8 Å². The Bertz CT molecular complexity index is 743. The van der Waals surface area contributed by atoms with Crippen LogP contribution in [0.15, 0.2) is 29.8 Å². The molecule has 0 radical (unpaired) electrons. The highest BCUT2D eigenvalue weighted by molar-refractivity contribution is 7.10. The molecule has 21 heavy (non-hydrogen) atoms. The molecule has 110 valence electrons. The first-order valence-corrected chi connectivity index (χ1v) is 8.03. The second kappa shape index (κ2) is 5.48. The molecule has 0 bridgehead atoms. The highest BCUT2D eigenvalue weighted by Crippen LogP contribution is 2.30. The van der Waals surface area contributed by atoms with Crippen LogP contribution in [0.2, 0.25) is 0 Å². The number of nitrogens with one attached hydrogen (secondary N) is 1. The van der Waals surface area contributed by atoms with Crippen LogP contribution in [-0.2, 0) is 7.05 Å². The molecule has 0 aromatic carbocycles. The third-order valence-electron chi connectivity index (χ3n) is 3.70. The number of hydrogen-bond donors (Lipinski definition) is 1. The van der Waals surface area contributed by atoms with E-state index in [4.69, 9.17) is 0 Å². The molecule has 0 aliphatic heterocycles. The second-order valence-electron chi connectivity index (χ2n) is 5.69. The van der Waals surface area contributed by atoms with E-state index in [2.05, 4.69) is 52.8 Å². The van der Waals surface area contributed by atoms with Gasteiger partial charge in [0.1, 0.15) is 0 Å². The van der Waals surface area contributed by atoms with Gasteiger partial charge >= 0.3 is 0 Å². The van der Waals surface area contributed by atoms with Crippen molar-refractivity contribution in [3.8, 4) is 0 Å². The van der Waals surface area contributed by atoms with Crippen LogP contribution in [0.1, 0.15) is 30.5 Å². The number of aromatic nitrogens is 3.